The number of oxazole rings is 1. The van der Waals surface area contributed by atoms with Crippen molar-refractivity contribution in [3.63, 3.8) is 0 Å². The normalized spacial score (nSPS) is 19.3. The van der Waals surface area contributed by atoms with E-state index in [9.17, 15) is 28.8 Å². The van der Waals surface area contributed by atoms with Crippen LogP contribution in [0.2, 0.25) is 0 Å². The molecule has 1 unspecified atom stereocenters. The fourth-order valence-corrected chi connectivity index (χ4v) is 9.21. The van der Waals surface area contributed by atoms with Crippen molar-refractivity contribution in [2.24, 2.45) is 7.05 Å². The second-order valence-electron chi connectivity index (χ2n) is 16.6. The van der Waals surface area contributed by atoms with Gasteiger partial charge in [0, 0.05) is 90.5 Å². The molecule has 5 heterocycles. The van der Waals surface area contributed by atoms with Crippen LogP contribution < -0.4 is 11.1 Å². The molecule has 336 valence electrons. The molecule has 0 spiro atoms. The molecule has 3 fully saturated rings. The maximum absolute atomic E-state index is 14.4. The minimum absolute atomic E-state index is 0.0389. The smallest absolute Gasteiger partial charge is 0.436 e. The summed E-state index contributed by atoms with van der Waals surface area (Å²) in [6, 6.07) is 11.6. The number of para-hydroxylation sites is 1. The van der Waals surface area contributed by atoms with Crippen molar-refractivity contribution in [1.82, 2.24) is 29.1 Å². The highest BCUT2D eigenvalue weighted by Gasteiger charge is 2.37. The summed E-state index contributed by atoms with van der Waals surface area (Å²) in [7, 11) is 1.65. The van der Waals surface area contributed by atoms with E-state index in [1.807, 2.05) is 42.2 Å². The Morgan fingerprint density at radius 2 is 1.56 bits per heavy atom. The topological polar surface area (TPSA) is 186 Å². The molecule has 7 rings (SSSR count). The van der Waals surface area contributed by atoms with Gasteiger partial charge in [-0.1, -0.05) is 24.3 Å². The second-order valence-corrected chi connectivity index (χ2v) is 16.6. The summed E-state index contributed by atoms with van der Waals surface area (Å²) in [4.78, 5) is 87.5. The lowest BCUT2D eigenvalue weighted by atomic mass is 10.0. The number of hydrogen-bond acceptors (Lipinski definition) is 13. The van der Waals surface area contributed by atoms with Crippen LogP contribution in [0, 0.1) is 6.92 Å². The lowest BCUT2D eigenvalue weighted by Crippen LogP contribution is -2.56. The highest BCUT2D eigenvalue weighted by Crippen LogP contribution is 2.27. The largest absolute Gasteiger partial charge is 0.511 e. The molecule has 4 aliphatic heterocycles. The molecule has 4 amide bonds. The maximum atomic E-state index is 14.4. The highest BCUT2D eigenvalue weighted by molar-refractivity contribution is 5.91. The van der Waals surface area contributed by atoms with Crippen LogP contribution in [0.25, 0.3) is 11.1 Å². The molecular weight excluding hydrogens is 803 g/mol. The van der Waals surface area contributed by atoms with E-state index >= 15 is 0 Å². The number of aromatic nitrogens is 1. The van der Waals surface area contributed by atoms with Gasteiger partial charge < -0.3 is 48.3 Å². The van der Waals surface area contributed by atoms with E-state index in [1.165, 1.54) is 11.5 Å². The first-order valence-electron chi connectivity index (χ1n) is 21.8. The number of hydrogen-bond donors (Lipinski definition) is 1. The average Bonchev–Trinajstić information content (AvgIpc) is 3.44. The number of amides is 4. The van der Waals surface area contributed by atoms with E-state index in [0.29, 0.717) is 87.9 Å². The molecule has 3 saturated heterocycles. The number of likely N-dealkylation sites (tertiary alicyclic amines) is 2. The molecule has 4 aliphatic rings. The molecule has 2 aromatic carbocycles. The lowest BCUT2D eigenvalue weighted by Gasteiger charge is -2.43. The van der Waals surface area contributed by atoms with Gasteiger partial charge in [0.15, 0.2) is 11.7 Å². The molecule has 0 bridgehead atoms. The van der Waals surface area contributed by atoms with Crippen LogP contribution in [-0.2, 0) is 48.4 Å². The minimum Gasteiger partial charge on any atom is -0.436 e. The number of nitrogens with zero attached hydrogens (tertiary/aromatic N) is 6. The molecule has 1 aromatic heterocycles. The Hall–Kier alpha value is -5.62. The third kappa shape index (κ3) is 10.7. The molecule has 2 atom stereocenters. The predicted octanol–water partition coefficient (Wildman–Crippen LogP) is 4.10. The zero-order valence-electron chi connectivity index (χ0n) is 36.2. The number of anilines is 1. The number of piperidine rings is 2. The number of fused-ring (bicyclic) bond motifs is 2. The van der Waals surface area contributed by atoms with Gasteiger partial charge in [-0.15, -0.1) is 0 Å². The van der Waals surface area contributed by atoms with Gasteiger partial charge in [-0.05, 0) is 87.9 Å². The predicted molar refractivity (Wildman–Crippen MR) is 227 cm³/mol. The van der Waals surface area contributed by atoms with Crippen LogP contribution in [-0.4, -0.2) is 156 Å². The molecule has 1 N–H and O–H groups in total. The summed E-state index contributed by atoms with van der Waals surface area (Å²) in [5.41, 5.74) is 4.51. The summed E-state index contributed by atoms with van der Waals surface area (Å²) in [5.74, 6) is -1.21. The number of carbonyl (C=O) groups is 5. The van der Waals surface area contributed by atoms with Gasteiger partial charge in [0.1, 0.15) is 0 Å². The number of rotatable bonds is 12. The highest BCUT2D eigenvalue weighted by atomic mass is 16.8. The molecule has 18 heteroatoms. The Morgan fingerprint density at radius 3 is 2.29 bits per heavy atom. The number of benzene rings is 2. The maximum Gasteiger partial charge on any atom is 0.511 e. The number of urea groups is 1. The van der Waals surface area contributed by atoms with Crippen molar-refractivity contribution in [3.8, 4) is 0 Å². The van der Waals surface area contributed by atoms with Crippen molar-refractivity contribution in [2.75, 3.05) is 77.4 Å². The molecule has 0 aliphatic carbocycles. The van der Waals surface area contributed by atoms with Crippen molar-refractivity contribution in [2.45, 2.75) is 90.2 Å². The zero-order valence-corrected chi connectivity index (χ0v) is 36.2. The third-order valence-corrected chi connectivity index (χ3v) is 12.5. The van der Waals surface area contributed by atoms with E-state index in [2.05, 4.69) is 15.1 Å². The summed E-state index contributed by atoms with van der Waals surface area (Å²) in [6.45, 7) is 11.0. The summed E-state index contributed by atoms with van der Waals surface area (Å²) >= 11 is 0. The Labute approximate surface area is 360 Å². The third-order valence-electron chi connectivity index (χ3n) is 12.5. The van der Waals surface area contributed by atoms with Gasteiger partial charge >= 0.3 is 30.0 Å². The first-order chi connectivity index (χ1) is 29.9. The number of aryl methyl sites for hydroxylation is 2. The number of ether oxygens (including phenoxy) is 4. The van der Waals surface area contributed by atoms with Crippen molar-refractivity contribution in [3.05, 3.63) is 63.6 Å². The number of carbonyl (C=O) groups excluding carboxylic acids is 5. The van der Waals surface area contributed by atoms with E-state index in [1.54, 1.807) is 29.8 Å². The van der Waals surface area contributed by atoms with Crippen molar-refractivity contribution in [1.29, 1.82) is 0 Å². The van der Waals surface area contributed by atoms with Crippen LogP contribution >= 0.6 is 0 Å². The fraction of sp³-hybridized carbons (Fsp3) is 0.591. The van der Waals surface area contributed by atoms with E-state index in [-0.39, 0.29) is 37.4 Å². The zero-order chi connectivity index (χ0) is 43.9. The van der Waals surface area contributed by atoms with Crippen LogP contribution in [0.1, 0.15) is 62.6 Å². The van der Waals surface area contributed by atoms with Gasteiger partial charge in [-0.3, -0.25) is 19.1 Å². The Morgan fingerprint density at radius 1 is 0.855 bits per heavy atom. The lowest BCUT2D eigenvalue weighted by molar-refractivity contribution is -0.168. The summed E-state index contributed by atoms with van der Waals surface area (Å²) in [6.07, 6.45) is 0.420. The van der Waals surface area contributed by atoms with Gasteiger partial charge in [0.05, 0.1) is 18.5 Å². The second kappa shape index (κ2) is 20.0. The molecule has 0 radical (unpaired) electrons. The standard InChI is InChI=1S/C44H59N7O11/c1-5-58-44(57)60-30(3)59-38(52)15-18-47-16-11-33(12-17-47)48-22-24-49(25-23-48)40(53)37(28-31-26-29(2)39-36(27-31)61-42(55)46(39)4)62-43(56)50-19-13-34(14-20-50)51-21-10-32-8-6-7-9-35(32)45-41(51)54/h6-9,26-27,30,33-34,37H,5,10-25,28H2,1-4H3,(H,45,54)/t30?,37-/m1/s1. The number of piperazine rings is 1. The van der Waals surface area contributed by atoms with Crippen LogP contribution in [0.5, 0.6) is 0 Å². The van der Waals surface area contributed by atoms with Crippen LogP contribution in [0.4, 0.5) is 20.1 Å². The average molecular weight is 862 g/mol. The number of nitrogens with one attached hydrogen (secondary N) is 1. The van der Waals surface area contributed by atoms with E-state index < -0.39 is 36.4 Å². The van der Waals surface area contributed by atoms with Gasteiger partial charge in [0.25, 0.3) is 5.91 Å². The van der Waals surface area contributed by atoms with Crippen molar-refractivity contribution < 1.29 is 47.3 Å². The molecule has 18 nitrogen and oxygen atoms in total. The SMILES string of the molecule is CCOC(=O)OC(C)OC(=O)CCN1CCC(N2CCN(C(=O)[C@@H](Cc3cc(C)c4c(c3)oc(=O)n4C)OC(=O)N3CCC(N4CCc5ccccc5NC4=O)CC3)CC2)CC1. The number of esters is 1. The van der Waals surface area contributed by atoms with Gasteiger partial charge in [-0.25, -0.2) is 19.2 Å². The Bertz CT molecular complexity index is 2150. The first-order valence-corrected chi connectivity index (χ1v) is 21.8. The molecule has 62 heavy (non-hydrogen) atoms. The Balaban J connectivity index is 0.926. The van der Waals surface area contributed by atoms with Crippen LogP contribution in [0.3, 0.4) is 0 Å². The summed E-state index contributed by atoms with van der Waals surface area (Å²) < 4.78 is 27.9. The Kier molecular flexibility index (Phi) is 14.4. The molecule has 3 aromatic rings. The van der Waals surface area contributed by atoms with Crippen molar-refractivity contribution >= 4 is 46.9 Å². The van der Waals surface area contributed by atoms with Gasteiger partial charge in [-0.2, -0.15) is 0 Å². The van der Waals surface area contributed by atoms with Crippen LogP contribution in [0.15, 0.2) is 45.6 Å². The summed E-state index contributed by atoms with van der Waals surface area (Å²) in [5, 5.41) is 3.04. The molecule has 0 saturated carbocycles. The quantitative estimate of drug-likeness (QED) is 0.156. The minimum atomic E-state index is -1.11. The van der Waals surface area contributed by atoms with E-state index in [0.717, 1.165) is 49.2 Å². The monoisotopic (exact) mass is 861 g/mol. The first kappa shape index (κ1) is 44.4. The van der Waals surface area contributed by atoms with Gasteiger partial charge in [0.2, 0.25) is 6.29 Å². The molecular formula is C44H59N7O11. The van der Waals surface area contributed by atoms with E-state index in [4.69, 9.17) is 23.4 Å². The fourth-order valence-electron chi connectivity index (χ4n) is 9.21.